The lowest BCUT2D eigenvalue weighted by atomic mass is 10.2. The van der Waals surface area contributed by atoms with Gasteiger partial charge in [0.2, 0.25) is 0 Å². The third kappa shape index (κ3) is 3.89. The fourth-order valence-corrected chi connectivity index (χ4v) is 6.38. The molecule has 0 bridgehead atoms. The van der Waals surface area contributed by atoms with Crippen LogP contribution in [0.15, 0.2) is 22.7 Å². The number of rotatable bonds is 4. The van der Waals surface area contributed by atoms with Gasteiger partial charge in [0.15, 0.2) is 0 Å². The minimum atomic E-state index is -2.20. The summed E-state index contributed by atoms with van der Waals surface area (Å²) in [7, 11) is -0.313. The van der Waals surface area contributed by atoms with Gasteiger partial charge in [0, 0.05) is 44.0 Å². The first-order chi connectivity index (χ1) is 16.5. The Morgan fingerprint density at radius 3 is 2.79 bits per heavy atom. The summed E-state index contributed by atoms with van der Waals surface area (Å²) in [5.74, 6) is 2.11. The lowest BCUT2D eigenvalue weighted by Crippen LogP contribution is -2.44. The fraction of sp³-hybridized carbons (Fsp3) is 0.609. The van der Waals surface area contributed by atoms with E-state index in [1.165, 1.54) is 0 Å². The molecule has 11 heteroatoms. The van der Waals surface area contributed by atoms with E-state index in [1.807, 2.05) is 30.1 Å². The number of pyridine rings is 1. The molecule has 3 aliphatic rings. The Kier molecular flexibility index (Phi) is 5.57. The number of anilines is 1. The third-order valence-corrected chi connectivity index (χ3v) is 9.29. The van der Waals surface area contributed by atoms with Crippen LogP contribution in [-0.2, 0) is 26.3 Å². The zero-order valence-corrected chi connectivity index (χ0v) is 20.5. The third-order valence-electron chi connectivity index (χ3n) is 6.91. The van der Waals surface area contributed by atoms with E-state index in [4.69, 9.17) is 29.0 Å². The summed E-state index contributed by atoms with van der Waals surface area (Å²) >= 11 is 0. The topological polar surface area (TPSA) is 99.7 Å². The Hall–Kier alpha value is -2.50. The molecule has 3 fully saturated rings. The van der Waals surface area contributed by atoms with Crippen LogP contribution in [0.1, 0.15) is 38.8 Å². The lowest BCUT2D eigenvalue weighted by Gasteiger charge is -2.34. The number of morpholine rings is 1. The minimum Gasteiger partial charge on any atom is -0.377 e. The van der Waals surface area contributed by atoms with Crippen molar-refractivity contribution in [3.05, 3.63) is 18.3 Å². The summed E-state index contributed by atoms with van der Waals surface area (Å²) < 4.78 is 33.1. The average Bonchev–Trinajstić information content (AvgIpc) is 3.44. The van der Waals surface area contributed by atoms with Crippen molar-refractivity contribution in [1.82, 2.24) is 24.5 Å². The second-order valence-electron chi connectivity index (χ2n) is 9.41. The summed E-state index contributed by atoms with van der Waals surface area (Å²) in [6.45, 7) is 4.94. The molecular weight excluding hydrogens is 454 g/mol. The van der Waals surface area contributed by atoms with E-state index in [0.29, 0.717) is 36.1 Å². The Labute approximate surface area is 199 Å². The second-order valence-corrected chi connectivity index (χ2v) is 12.0. The quantitative estimate of drug-likeness (QED) is 0.559. The number of aryl methyl sites for hydroxylation is 1. The van der Waals surface area contributed by atoms with Crippen LogP contribution in [0.4, 0.5) is 11.5 Å². The molecule has 34 heavy (non-hydrogen) atoms. The van der Waals surface area contributed by atoms with Gasteiger partial charge in [-0.3, -0.25) is 4.68 Å². The number of hydrogen-bond acceptors (Lipinski definition) is 8. The molecule has 1 unspecified atom stereocenters. The molecule has 3 aromatic heterocycles. The Bertz CT molecular complexity index is 1320. The first kappa shape index (κ1) is 22.0. The van der Waals surface area contributed by atoms with Crippen LogP contribution in [0, 0.1) is 0 Å². The number of nitrogens with zero attached hydrogens (tertiary/aromatic N) is 7. The monoisotopic (exact) mass is 485 g/mol. The second kappa shape index (κ2) is 8.62. The highest BCUT2D eigenvalue weighted by atomic mass is 32.2. The predicted molar refractivity (Wildman–Crippen MR) is 131 cm³/mol. The summed E-state index contributed by atoms with van der Waals surface area (Å²) in [6, 6.07) is 4.12. The number of fused-ring (bicyclic) bond motifs is 1. The highest BCUT2D eigenvalue weighted by Crippen LogP contribution is 2.37. The normalized spacial score (nSPS) is 24.8. The van der Waals surface area contributed by atoms with Crippen LogP contribution in [0.5, 0.6) is 0 Å². The molecule has 6 heterocycles. The van der Waals surface area contributed by atoms with Gasteiger partial charge in [-0.15, -0.1) is 0 Å². The molecule has 0 spiro atoms. The van der Waals surface area contributed by atoms with Crippen molar-refractivity contribution in [1.29, 1.82) is 0 Å². The lowest BCUT2D eigenvalue weighted by molar-refractivity contribution is -0.0393. The maximum absolute atomic E-state index is 13.1. The largest absolute Gasteiger partial charge is 0.377 e. The highest BCUT2D eigenvalue weighted by molar-refractivity contribution is 7.95. The molecule has 10 nitrogen and oxygen atoms in total. The molecule has 182 valence electrons. The molecule has 3 saturated heterocycles. The Morgan fingerprint density at radius 2 is 2.06 bits per heavy atom. The van der Waals surface area contributed by atoms with Crippen molar-refractivity contribution >= 4 is 32.3 Å². The molecule has 0 aromatic carbocycles. The highest BCUT2D eigenvalue weighted by Gasteiger charge is 2.27. The zero-order valence-electron chi connectivity index (χ0n) is 19.7. The zero-order chi connectivity index (χ0) is 23.3. The van der Waals surface area contributed by atoms with Gasteiger partial charge >= 0.3 is 0 Å². The van der Waals surface area contributed by atoms with Crippen LogP contribution < -0.4 is 4.90 Å². The van der Waals surface area contributed by atoms with Gasteiger partial charge in [-0.25, -0.2) is 13.9 Å². The summed E-state index contributed by atoms with van der Waals surface area (Å²) in [6.07, 6.45) is 6.07. The first-order valence-electron chi connectivity index (χ1n) is 12.1. The number of ether oxygens (including phenoxy) is 2. The van der Waals surface area contributed by atoms with Gasteiger partial charge in [0.25, 0.3) is 0 Å². The molecular formula is C23H31N7O3S. The van der Waals surface area contributed by atoms with E-state index in [2.05, 4.69) is 11.8 Å². The van der Waals surface area contributed by atoms with Crippen LogP contribution in [0.3, 0.4) is 0 Å². The molecule has 0 saturated carbocycles. The van der Waals surface area contributed by atoms with Gasteiger partial charge < -0.3 is 14.4 Å². The fourth-order valence-electron chi connectivity index (χ4n) is 4.92. The Morgan fingerprint density at radius 1 is 1.18 bits per heavy atom. The van der Waals surface area contributed by atoms with Gasteiger partial charge in [-0.05, 0) is 38.7 Å². The molecule has 0 amide bonds. The molecule has 0 aliphatic carbocycles. The number of hydrogen-bond donors (Lipinski definition) is 0. The van der Waals surface area contributed by atoms with E-state index >= 15 is 0 Å². The molecule has 0 radical (unpaired) electrons. The van der Waals surface area contributed by atoms with Crippen LogP contribution in [0.25, 0.3) is 22.4 Å². The molecule has 3 aromatic rings. The van der Waals surface area contributed by atoms with E-state index < -0.39 is 9.73 Å². The van der Waals surface area contributed by atoms with Crippen LogP contribution >= 0.6 is 0 Å². The van der Waals surface area contributed by atoms with Crippen LogP contribution in [0.2, 0.25) is 0 Å². The summed E-state index contributed by atoms with van der Waals surface area (Å²) in [5.41, 5.74) is 3.67. The van der Waals surface area contributed by atoms with Gasteiger partial charge in [0.05, 0.1) is 29.0 Å². The SMILES string of the molecule is C[C@@H]1COCCN1c1cc(N=S2(=O)CCC2)c2c(n1)c(-c1ccn(C3CCCCO3)n1)nn2C. The van der Waals surface area contributed by atoms with Crippen molar-refractivity contribution in [3.63, 3.8) is 0 Å². The van der Waals surface area contributed by atoms with E-state index in [1.54, 1.807) is 4.68 Å². The summed E-state index contributed by atoms with van der Waals surface area (Å²) in [4.78, 5) is 7.29. The standard InChI is InChI=1S/C23H31N7O3S/c1-16-15-32-11-9-29(16)19-14-18(27-34(31)12-5-13-34)23-22(24-19)21(26-28(23)2)17-7-8-30(25-17)20-6-3-4-10-33-20/h7-8,14,16,20H,3-6,9-13,15H2,1-2H3/t16-,20?/m1/s1. The maximum atomic E-state index is 13.1. The first-order valence-corrected chi connectivity index (χ1v) is 14.0. The van der Waals surface area contributed by atoms with Crippen molar-refractivity contribution in [3.8, 4) is 11.4 Å². The van der Waals surface area contributed by atoms with Crippen molar-refractivity contribution in [2.24, 2.45) is 11.4 Å². The molecule has 3 aliphatic heterocycles. The predicted octanol–water partition coefficient (Wildman–Crippen LogP) is 3.26. The smallest absolute Gasteiger partial charge is 0.150 e. The maximum Gasteiger partial charge on any atom is 0.150 e. The van der Waals surface area contributed by atoms with Gasteiger partial charge in [-0.2, -0.15) is 14.6 Å². The van der Waals surface area contributed by atoms with Gasteiger partial charge in [0.1, 0.15) is 40.2 Å². The van der Waals surface area contributed by atoms with E-state index in [9.17, 15) is 4.21 Å². The van der Waals surface area contributed by atoms with E-state index in [0.717, 1.165) is 61.4 Å². The Balaban J connectivity index is 1.49. The minimum absolute atomic E-state index is 0.0386. The van der Waals surface area contributed by atoms with Crippen LogP contribution in [-0.4, -0.2) is 72.7 Å². The molecule has 6 rings (SSSR count). The average molecular weight is 486 g/mol. The van der Waals surface area contributed by atoms with E-state index in [-0.39, 0.29) is 12.3 Å². The summed E-state index contributed by atoms with van der Waals surface area (Å²) in [5, 5.41) is 9.61. The van der Waals surface area contributed by atoms with Crippen molar-refractivity contribution < 1.29 is 13.7 Å². The van der Waals surface area contributed by atoms with Crippen molar-refractivity contribution in [2.75, 3.05) is 42.8 Å². The van der Waals surface area contributed by atoms with Crippen molar-refractivity contribution in [2.45, 2.75) is 44.9 Å². The molecule has 2 atom stereocenters. The molecule has 0 N–H and O–H groups in total. The number of aromatic nitrogens is 5. The van der Waals surface area contributed by atoms with Gasteiger partial charge in [-0.1, -0.05) is 0 Å².